The third-order valence-electron chi connectivity index (χ3n) is 7.59. The SMILES string of the molecule is CCOC(=O)c1c(NC(=O)CCSc2nc3ccccc3c(=O)n2-c2ccccc2)sc2c1CCC(c1ccccc1)C2. The zero-order chi connectivity index (χ0) is 29.8. The van der Waals surface area contributed by atoms with Crippen molar-refractivity contribution in [2.45, 2.75) is 43.7 Å². The standard InChI is InChI=1S/C34H31N3O4S2/c1-2-41-33(40)30-26-18-17-23(22-11-5-3-6-12-22)21-28(26)43-31(30)36-29(38)19-20-42-34-35-27-16-10-9-15-25(27)32(39)37(34)24-13-7-4-8-14-24/h3-16,23H,2,17-21H2,1H3,(H,36,38). The molecular weight excluding hydrogens is 579 g/mol. The fourth-order valence-corrected chi connectivity index (χ4v) is 7.82. The summed E-state index contributed by atoms with van der Waals surface area (Å²) in [5, 5.41) is 4.62. The van der Waals surface area contributed by atoms with Gasteiger partial charge in [-0.1, -0.05) is 72.4 Å². The molecule has 1 unspecified atom stereocenters. The molecule has 0 saturated carbocycles. The van der Waals surface area contributed by atoms with Gasteiger partial charge in [-0.05, 0) is 67.5 Å². The van der Waals surface area contributed by atoms with E-state index in [1.165, 1.54) is 28.7 Å². The van der Waals surface area contributed by atoms with Crippen LogP contribution in [0, 0.1) is 0 Å². The van der Waals surface area contributed by atoms with E-state index in [2.05, 4.69) is 29.6 Å². The third kappa shape index (κ3) is 6.14. The van der Waals surface area contributed by atoms with Crippen LogP contribution in [0.15, 0.2) is 94.9 Å². The van der Waals surface area contributed by atoms with E-state index < -0.39 is 5.97 Å². The van der Waals surface area contributed by atoms with E-state index in [1.807, 2.05) is 54.6 Å². The lowest BCUT2D eigenvalue weighted by molar-refractivity contribution is -0.115. The number of carbonyl (C=O) groups excluding carboxylic acids is 2. The molecule has 43 heavy (non-hydrogen) atoms. The van der Waals surface area contributed by atoms with Crippen molar-refractivity contribution < 1.29 is 14.3 Å². The quantitative estimate of drug-likeness (QED) is 0.110. The molecule has 218 valence electrons. The maximum atomic E-state index is 13.4. The zero-order valence-corrected chi connectivity index (χ0v) is 25.4. The Balaban J connectivity index is 1.20. The van der Waals surface area contributed by atoms with Crippen molar-refractivity contribution in [3.8, 4) is 5.69 Å². The predicted molar refractivity (Wildman–Crippen MR) is 173 cm³/mol. The van der Waals surface area contributed by atoms with Gasteiger partial charge in [-0.15, -0.1) is 11.3 Å². The Morgan fingerprint density at radius 2 is 1.74 bits per heavy atom. The van der Waals surface area contributed by atoms with Gasteiger partial charge in [0.1, 0.15) is 5.00 Å². The Morgan fingerprint density at radius 3 is 2.51 bits per heavy atom. The number of hydrogen-bond donors (Lipinski definition) is 1. The molecule has 1 atom stereocenters. The summed E-state index contributed by atoms with van der Waals surface area (Å²) in [6.07, 6.45) is 2.70. The van der Waals surface area contributed by atoms with Gasteiger partial charge in [0.25, 0.3) is 5.56 Å². The first kappa shape index (κ1) is 28.9. The number of amides is 1. The Morgan fingerprint density at radius 1 is 1.02 bits per heavy atom. The summed E-state index contributed by atoms with van der Waals surface area (Å²) in [4.78, 5) is 45.6. The minimum Gasteiger partial charge on any atom is -0.462 e. The smallest absolute Gasteiger partial charge is 0.341 e. The number of esters is 1. The van der Waals surface area contributed by atoms with Crippen LogP contribution in [0.2, 0.25) is 0 Å². The molecule has 1 aliphatic rings. The van der Waals surface area contributed by atoms with Crippen molar-refractivity contribution >= 4 is 50.9 Å². The van der Waals surface area contributed by atoms with Crippen molar-refractivity contribution in [3.63, 3.8) is 0 Å². The maximum absolute atomic E-state index is 13.4. The van der Waals surface area contributed by atoms with Crippen LogP contribution in [0.25, 0.3) is 16.6 Å². The molecule has 0 bridgehead atoms. The minimum absolute atomic E-state index is 0.152. The molecule has 1 amide bonds. The zero-order valence-electron chi connectivity index (χ0n) is 23.7. The van der Waals surface area contributed by atoms with Gasteiger partial charge in [0.05, 0.1) is 28.8 Å². The molecule has 0 aliphatic heterocycles. The van der Waals surface area contributed by atoms with Crippen LogP contribution in [0.4, 0.5) is 5.00 Å². The van der Waals surface area contributed by atoms with Gasteiger partial charge in [-0.25, -0.2) is 9.78 Å². The highest BCUT2D eigenvalue weighted by molar-refractivity contribution is 7.99. The van der Waals surface area contributed by atoms with Crippen LogP contribution in [-0.2, 0) is 22.4 Å². The lowest BCUT2D eigenvalue weighted by atomic mass is 9.83. The molecule has 1 aliphatic carbocycles. The summed E-state index contributed by atoms with van der Waals surface area (Å²) >= 11 is 2.83. The molecule has 0 fully saturated rings. The number of hydrogen-bond acceptors (Lipinski definition) is 7. The number of nitrogens with zero attached hydrogens (tertiary/aromatic N) is 2. The average molecular weight is 610 g/mol. The van der Waals surface area contributed by atoms with Crippen LogP contribution in [-0.4, -0.2) is 33.8 Å². The van der Waals surface area contributed by atoms with Crippen LogP contribution in [0.1, 0.15) is 52.0 Å². The van der Waals surface area contributed by atoms with Gasteiger partial charge in [0, 0.05) is 17.1 Å². The second-order valence-electron chi connectivity index (χ2n) is 10.3. The van der Waals surface area contributed by atoms with Gasteiger partial charge < -0.3 is 10.1 Å². The molecule has 9 heteroatoms. The summed E-state index contributed by atoms with van der Waals surface area (Å²) in [6, 6.07) is 27.1. The summed E-state index contributed by atoms with van der Waals surface area (Å²) in [6.45, 7) is 2.05. The molecule has 7 nitrogen and oxygen atoms in total. The normalized spacial score (nSPS) is 14.3. The van der Waals surface area contributed by atoms with Crippen LogP contribution < -0.4 is 10.9 Å². The summed E-state index contributed by atoms with van der Waals surface area (Å²) in [5.74, 6) is 0.180. The van der Waals surface area contributed by atoms with Gasteiger partial charge in [0.2, 0.25) is 5.91 Å². The number of aromatic nitrogens is 2. The molecule has 2 heterocycles. The van der Waals surface area contributed by atoms with Crippen LogP contribution >= 0.6 is 23.1 Å². The number of rotatable bonds is 9. The van der Waals surface area contributed by atoms with E-state index in [0.29, 0.717) is 38.3 Å². The first-order valence-corrected chi connectivity index (χ1v) is 16.2. The molecule has 2 aromatic heterocycles. The van der Waals surface area contributed by atoms with E-state index in [4.69, 9.17) is 9.72 Å². The van der Waals surface area contributed by atoms with Crippen molar-refractivity contribution in [2.24, 2.45) is 0 Å². The number of thioether (sulfide) groups is 1. The Bertz CT molecular complexity index is 1830. The highest BCUT2D eigenvalue weighted by Crippen LogP contribution is 2.43. The average Bonchev–Trinajstić information content (AvgIpc) is 3.39. The summed E-state index contributed by atoms with van der Waals surface area (Å²) in [5.41, 5.74) is 3.95. The predicted octanol–water partition coefficient (Wildman–Crippen LogP) is 7.02. The van der Waals surface area contributed by atoms with E-state index in [0.717, 1.165) is 35.4 Å². The number of anilines is 1. The number of nitrogens with one attached hydrogen (secondary N) is 1. The van der Waals surface area contributed by atoms with Crippen LogP contribution in [0.5, 0.6) is 0 Å². The van der Waals surface area contributed by atoms with Gasteiger partial charge >= 0.3 is 5.97 Å². The lowest BCUT2D eigenvalue weighted by Gasteiger charge is -2.23. The maximum Gasteiger partial charge on any atom is 0.341 e. The van der Waals surface area contributed by atoms with Crippen LogP contribution in [0.3, 0.4) is 0 Å². The van der Waals surface area contributed by atoms with E-state index in [9.17, 15) is 14.4 Å². The number of para-hydroxylation sites is 2. The largest absolute Gasteiger partial charge is 0.462 e. The summed E-state index contributed by atoms with van der Waals surface area (Å²) in [7, 11) is 0. The molecule has 1 N–H and O–H groups in total. The number of ether oxygens (including phenoxy) is 1. The first-order valence-electron chi connectivity index (χ1n) is 14.4. The van der Waals surface area contributed by atoms with Crippen molar-refractivity contribution in [2.75, 3.05) is 17.7 Å². The van der Waals surface area contributed by atoms with Crippen molar-refractivity contribution in [3.05, 3.63) is 117 Å². The Hall–Kier alpha value is -4.21. The Kier molecular flexibility index (Phi) is 8.72. The fourth-order valence-electron chi connectivity index (χ4n) is 5.54. The van der Waals surface area contributed by atoms with Gasteiger partial charge in [0.15, 0.2) is 5.16 Å². The van der Waals surface area contributed by atoms with Gasteiger partial charge in [-0.3, -0.25) is 14.2 Å². The van der Waals surface area contributed by atoms with E-state index in [1.54, 1.807) is 17.6 Å². The van der Waals surface area contributed by atoms with E-state index in [-0.39, 0.29) is 24.5 Å². The minimum atomic E-state index is -0.393. The molecular formula is C34H31N3O4S2. The molecule has 6 rings (SSSR count). The molecule has 3 aromatic carbocycles. The number of benzene rings is 3. The van der Waals surface area contributed by atoms with Crippen molar-refractivity contribution in [1.82, 2.24) is 9.55 Å². The topological polar surface area (TPSA) is 90.3 Å². The van der Waals surface area contributed by atoms with Gasteiger partial charge in [-0.2, -0.15) is 0 Å². The number of thiophene rings is 1. The molecule has 5 aromatic rings. The Labute approximate surface area is 257 Å². The number of fused-ring (bicyclic) bond motifs is 2. The molecule has 0 saturated heterocycles. The van der Waals surface area contributed by atoms with E-state index >= 15 is 0 Å². The highest BCUT2D eigenvalue weighted by Gasteiger charge is 2.31. The molecule has 0 spiro atoms. The highest BCUT2D eigenvalue weighted by atomic mass is 32.2. The molecule has 0 radical (unpaired) electrons. The summed E-state index contributed by atoms with van der Waals surface area (Å²) < 4.78 is 7.00. The second-order valence-corrected chi connectivity index (χ2v) is 12.5. The third-order valence-corrected chi connectivity index (χ3v) is 9.70. The number of carbonyl (C=O) groups is 2. The van der Waals surface area contributed by atoms with Crippen molar-refractivity contribution in [1.29, 1.82) is 0 Å². The first-order chi connectivity index (χ1) is 21.0. The monoisotopic (exact) mass is 609 g/mol. The lowest BCUT2D eigenvalue weighted by Crippen LogP contribution is -2.22. The fraction of sp³-hybridized carbons (Fsp3) is 0.235. The second kappa shape index (κ2) is 13.0.